The number of nitrogens with one attached hydrogen (secondary N) is 2. The first kappa shape index (κ1) is 14.8. The van der Waals surface area contributed by atoms with Crippen molar-refractivity contribution >= 4 is 11.6 Å². The van der Waals surface area contributed by atoms with Crippen LogP contribution in [0.3, 0.4) is 0 Å². The number of aryl methyl sites for hydroxylation is 1. The summed E-state index contributed by atoms with van der Waals surface area (Å²) in [6.07, 6.45) is 4.57. The van der Waals surface area contributed by atoms with Crippen LogP contribution in [0.4, 0.5) is 5.69 Å². The Morgan fingerprint density at radius 2 is 2.20 bits per heavy atom. The maximum absolute atomic E-state index is 12.6. The Morgan fingerprint density at radius 3 is 2.96 bits per heavy atom. The molecule has 0 aliphatic heterocycles. The molecule has 0 unspecified atom stereocenters. The topological polar surface area (TPSA) is 115 Å². The molecule has 9 heteroatoms. The first-order valence-corrected chi connectivity index (χ1v) is 7.42. The molecule has 3 aromatic heterocycles. The molecule has 0 saturated carbocycles. The van der Waals surface area contributed by atoms with Gasteiger partial charge in [0.2, 0.25) is 0 Å². The Kier molecular flexibility index (Phi) is 3.58. The fraction of sp³-hybridized carbons (Fsp3) is 0.0625. The molecular weight excluding hydrogens is 322 g/mol. The van der Waals surface area contributed by atoms with Gasteiger partial charge in [-0.25, -0.2) is 4.68 Å². The van der Waals surface area contributed by atoms with Crippen molar-refractivity contribution < 1.29 is 9.21 Å². The van der Waals surface area contributed by atoms with E-state index in [0.29, 0.717) is 22.8 Å². The highest BCUT2D eigenvalue weighted by Crippen LogP contribution is 2.24. The lowest BCUT2D eigenvalue weighted by Crippen LogP contribution is -2.12. The summed E-state index contributed by atoms with van der Waals surface area (Å²) in [6, 6.07) is 9.05. The lowest BCUT2D eigenvalue weighted by atomic mass is 10.1. The van der Waals surface area contributed by atoms with Crippen LogP contribution in [0.25, 0.3) is 22.6 Å². The Labute approximate surface area is 141 Å². The van der Waals surface area contributed by atoms with E-state index in [0.717, 1.165) is 11.1 Å². The van der Waals surface area contributed by atoms with Crippen LogP contribution in [0.5, 0.6) is 0 Å². The smallest absolute Gasteiger partial charge is 0.259 e. The molecule has 25 heavy (non-hydrogen) atoms. The molecule has 0 fully saturated rings. The van der Waals surface area contributed by atoms with Crippen molar-refractivity contribution in [1.82, 2.24) is 30.4 Å². The molecule has 1 aromatic carbocycles. The van der Waals surface area contributed by atoms with Crippen molar-refractivity contribution in [2.24, 2.45) is 7.05 Å². The first-order chi connectivity index (χ1) is 12.2. The van der Waals surface area contributed by atoms with Crippen LogP contribution < -0.4 is 5.32 Å². The van der Waals surface area contributed by atoms with Crippen LogP contribution >= 0.6 is 0 Å². The van der Waals surface area contributed by atoms with E-state index >= 15 is 0 Å². The van der Waals surface area contributed by atoms with E-state index < -0.39 is 0 Å². The number of nitrogens with zero attached hydrogens (tertiary/aromatic N) is 5. The lowest BCUT2D eigenvalue weighted by Gasteiger charge is -2.07. The average Bonchev–Trinajstić information content (AvgIpc) is 3.36. The van der Waals surface area contributed by atoms with Crippen LogP contribution in [0.15, 0.2) is 53.5 Å². The van der Waals surface area contributed by atoms with Gasteiger partial charge in [0.05, 0.1) is 30.0 Å². The molecule has 4 aromatic rings. The molecule has 9 nitrogen and oxygen atoms in total. The van der Waals surface area contributed by atoms with Crippen LogP contribution in [-0.4, -0.2) is 36.3 Å². The first-order valence-electron chi connectivity index (χ1n) is 7.42. The zero-order valence-electron chi connectivity index (χ0n) is 13.2. The number of hydrogen-bond acceptors (Lipinski definition) is 6. The number of amides is 1. The number of H-pyrrole nitrogens is 1. The number of furan rings is 1. The van der Waals surface area contributed by atoms with Gasteiger partial charge >= 0.3 is 0 Å². The molecule has 4 rings (SSSR count). The highest BCUT2D eigenvalue weighted by atomic mass is 16.3. The zero-order chi connectivity index (χ0) is 17.2. The number of benzene rings is 1. The predicted octanol–water partition coefficient (Wildman–Crippen LogP) is 2.11. The van der Waals surface area contributed by atoms with Gasteiger partial charge < -0.3 is 9.73 Å². The number of hydrogen-bond donors (Lipinski definition) is 2. The Bertz CT molecular complexity index is 1020. The maximum Gasteiger partial charge on any atom is 0.259 e. The zero-order valence-corrected chi connectivity index (χ0v) is 13.2. The van der Waals surface area contributed by atoms with Crippen molar-refractivity contribution in [3.8, 4) is 22.6 Å². The molecule has 2 N–H and O–H groups in total. The Balaban J connectivity index is 1.60. The largest absolute Gasteiger partial charge is 0.472 e. The number of carbonyl (C=O) groups is 1. The summed E-state index contributed by atoms with van der Waals surface area (Å²) in [5.74, 6) is 0.330. The summed E-state index contributed by atoms with van der Waals surface area (Å²) >= 11 is 0. The van der Waals surface area contributed by atoms with Gasteiger partial charge in [0.15, 0.2) is 5.82 Å². The summed E-state index contributed by atoms with van der Waals surface area (Å²) in [5, 5.41) is 21.0. The van der Waals surface area contributed by atoms with Crippen molar-refractivity contribution in [1.29, 1.82) is 0 Å². The van der Waals surface area contributed by atoms with Crippen LogP contribution in [0, 0.1) is 0 Å². The van der Waals surface area contributed by atoms with Gasteiger partial charge in [-0.2, -0.15) is 5.10 Å². The molecule has 0 saturated heterocycles. The Hall–Kier alpha value is -3.75. The van der Waals surface area contributed by atoms with E-state index in [1.54, 1.807) is 36.2 Å². The van der Waals surface area contributed by atoms with Crippen molar-refractivity contribution in [3.05, 3.63) is 54.6 Å². The van der Waals surface area contributed by atoms with Crippen LogP contribution in [-0.2, 0) is 7.05 Å². The van der Waals surface area contributed by atoms with E-state index in [1.807, 2.05) is 12.1 Å². The fourth-order valence-electron chi connectivity index (χ4n) is 2.49. The standard InChI is InChI=1S/C16H13N7O2/c1-23-15(20-21-22-23)10-3-2-4-12(7-10)18-16(24)13-8-17-19-14(13)11-5-6-25-9-11/h2-9H,1H3,(H,17,19)(H,18,24). The summed E-state index contributed by atoms with van der Waals surface area (Å²) in [5.41, 5.74) is 3.20. The van der Waals surface area contributed by atoms with Crippen LogP contribution in [0.2, 0.25) is 0 Å². The molecule has 1 amide bonds. The molecule has 124 valence electrons. The normalized spacial score (nSPS) is 10.8. The van der Waals surface area contributed by atoms with Crippen molar-refractivity contribution in [2.45, 2.75) is 0 Å². The van der Waals surface area contributed by atoms with E-state index in [9.17, 15) is 4.79 Å². The average molecular weight is 335 g/mol. The van der Waals surface area contributed by atoms with E-state index in [1.165, 1.54) is 12.5 Å². The second-order valence-corrected chi connectivity index (χ2v) is 5.33. The monoisotopic (exact) mass is 335 g/mol. The predicted molar refractivity (Wildman–Crippen MR) is 88.5 cm³/mol. The molecule has 0 spiro atoms. The second-order valence-electron chi connectivity index (χ2n) is 5.33. The van der Waals surface area contributed by atoms with Gasteiger partial charge in [0.1, 0.15) is 0 Å². The van der Waals surface area contributed by atoms with Gasteiger partial charge in [0, 0.05) is 23.9 Å². The number of aromatic amines is 1. The summed E-state index contributed by atoms with van der Waals surface area (Å²) in [6.45, 7) is 0. The van der Waals surface area contributed by atoms with Crippen molar-refractivity contribution in [3.63, 3.8) is 0 Å². The second kappa shape index (κ2) is 6.04. The van der Waals surface area contributed by atoms with E-state index in [2.05, 4.69) is 31.0 Å². The van der Waals surface area contributed by atoms with Crippen molar-refractivity contribution in [2.75, 3.05) is 5.32 Å². The quantitative estimate of drug-likeness (QED) is 0.590. The molecular formula is C16H13N7O2. The van der Waals surface area contributed by atoms with Gasteiger partial charge in [-0.15, -0.1) is 5.10 Å². The molecule has 3 heterocycles. The number of carbonyl (C=O) groups excluding carboxylic acids is 1. The third kappa shape index (κ3) is 2.78. The number of rotatable bonds is 4. The lowest BCUT2D eigenvalue weighted by molar-refractivity contribution is 0.102. The highest BCUT2D eigenvalue weighted by molar-refractivity contribution is 6.08. The minimum atomic E-state index is -0.279. The molecule has 0 aliphatic carbocycles. The summed E-state index contributed by atoms with van der Waals surface area (Å²) in [7, 11) is 1.75. The van der Waals surface area contributed by atoms with Crippen LogP contribution in [0.1, 0.15) is 10.4 Å². The molecule has 0 atom stereocenters. The Morgan fingerprint density at radius 1 is 1.28 bits per heavy atom. The number of aromatic nitrogens is 6. The van der Waals surface area contributed by atoms with E-state index in [-0.39, 0.29) is 5.91 Å². The van der Waals surface area contributed by atoms with E-state index in [4.69, 9.17) is 4.42 Å². The minimum Gasteiger partial charge on any atom is -0.472 e. The maximum atomic E-state index is 12.6. The van der Waals surface area contributed by atoms with Gasteiger partial charge in [-0.05, 0) is 28.6 Å². The number of tetrazole rings is 1. The summed E-state index contributed by atoms with van der Waals surface area (Å²) < 4.78 is 6.62. The van der Waals surface area contributed by atoms with Gasteiger partial charge in [-0.1, -0.05) is 12.1 Å². The highest BCUT2D eigenvalue weighted by Gasteiger charge is 2.16. The third-order valence-corrected chi connectivity index (χ3v) is 3.69. The molecule has 0 aliphatic rings. The number of anilines is 1. The van der Waals surface area contributed by atoms with Gasteiger partial charge in [-0.3, -0.25) is 9.89 Å². The third-order valence-electron chi connectivity index (χ3n) is 3.69. The molecule has 0 radical (unpaired) electrons. The SMILES string of the molecule is Cn1nnnc1-c1cccc(NC(=O)c2cn[nH]c2-c2ccoc2)c1. The summed E-state index contributed by atoms with van der Waals surface area (Å²) in [4.78, 5) is 12.6. The fourth-order valence-corrected chi connectivity index (χ4v) is 2.49. The molecule has 0 bridgehead atoms. The minimum absolute atomic E-state index is 0.279. The van der Waals surface area contributed by atoms with Gasteiger partial charge in [0.25, 0.3) is 5.91 Å².